The van der Waals surface area contributed by atoms with Crippen molar-refractivity contribution in [2.45, 2.75) is 30.1 Å². The molecule has 67 heavy (non-hydrogen) atoms. The molecule has 316 valence electrons. The number of thiophene rings is 1. The Labute approximate surface area is 395 Å². The summed E-state index contributed by atoms with van der Waals surface area (Å²) in [5.74, 6) is 0. The van der Waals surface area contributed by atoms with Gasteiger partial charge in [-0.1, -0.05) is 214 Å². The first-order valence-corrected chi connectivity index (χ1v) is 24.3. The molecule has 0 aliphatic heterocycles. The van der Waals surface area contributed by atoms with Crippen LogP contribution in [0.2, 0.25) is 0 Å². The Hall–Kier alpha value is -7.78. The molecule has 0 spiro atoms. The molecule has 2 atom stereocenters. The van der Waals surface area contributed by atoms with E-state index in [4.69, 9.17) is 0 Å². The van der Waals surface area contributed by atoms with Gasteiger partial charge < -0.3 is 4.90 Å². The topological polar surface area (TPSA) is 3.24 Å². The minimum absolute atomic E-state index is 0.154. The Bertz CT molecular complexity index is 3800. The molecular formula is C65H45NS. The number of rotatable bonds is 6. The van der Waals surface area contributed by atoms with Crippen LogP contribution in [0.1, 0.15) is 69.5 Å². The quantitative estimate of drug-likeness (QED) is 0.161. The second-order valence-corrected chi connectivity index (χ2v) is 20.1. The summed E-state index contributed by atoms with van der Waals surface area (Å²) in [5.41, 5.74) is 20.6. The minimum Gasteiger partial charge on any atom is -0.309 e. The molecule has 10 aromatic carbocycles. The Morgan fingerprint density at radius 3 is 1.64 bits per heavy atom. The van der Waals surface area contributed by atoms with Crippen LogP contribution in [0.15, 0.2) is 237 Å². The van der Waals surface area contributed by atoms with E-state index in [2.05, 4.69) is 255 Å². The maximum atomic E-state index is 2.55. The Kier molecular flexibility index (Phi) is 8.11. The molecule has 1 nitrogen and oxygen atoms in total. The van der Waals surface area contributed by atoms with Crippen LogP contribution in [0.25, 0.3) is 42.4 Å². The molecule has 0 bridgehead atoms. The summed E-state index contributed by atoms with van der Waals surface area (Å²) in [5, 5.41) is 2.58. The van der Waals surface area contributed by atoms with Crippen LogP contribution in [-0.4, -0.2) is 0 Å². The summed E-state index contributed by atoms with van der Waals surface area (Å²) in [6.45, 7) is 4.77. The summed E-state index contributed by atoms with van der Waals surface area (Å²) in [6.07, 6.45) is 0. The van der Waals surface area contributed by atoms with Crippen LogP contribution in [0.4, 0.5) is 17.1 Å². The van der Waals surface area contributed by atoms with Gasteiger partial charge in [-0.05, 0) is 114 Å². The SMILES string of the molecule is CC1(C)c2ccccc2-c2ccc(N(c3cccc(C4(c5ccccc5)c5ccccc5C5(c6ccccc6)c6ccccc6-c6cccc4c65)c3)c3cccc4c3sc3ccccc34)cc21. The highest BCUT2D eigenvalue weighted by Crippen LogP contribution is 2.66. The maximum absolute atomic E-state index is 2.55. The van der Waals surface area contributed by atoms with Crippen molar-refractivity contribution in [3.8, 4) is 22.3 Å². The van der Waals surface area contributed by atoms with Gasteiger partial charge in [0, 0.05) is 32.3 Å². The molecule has 1 aromatic heterocycles. The first-order valence-electron chi connectivity index (χ1n) is 23.5. The largest absolute Gasteiger partial charge is 0.309 e. The third-order valence-corrected chi connectivity index (χ3v) is 16.8. The zero-order chi connectivity index (χ0) is 44.5. The van der Waals surface area contributed by atoms with Gasteiger partial charge in [-0.3, -0.25) is 0 Å². The molecule has 0 radical (unpaired) electrons. The van der Waals surface area contributed by atoms with E-state index in [9.17, 15) is 0 Å². The molecule has 0 saturated heterocycles. The molecule has 2 heteroatoms. The van der Waals surface area contributed by atoms with Crippen molar-refractivity contribution in [1.82, 2.24) is 0 Å². The summed E-state index contributed by atoms with van der Waals surface area (Å²) in [4.78, 5) is 2.55. The zero-order valence-corrected chi connectivity index (χ0v) is 38.2. The van der Waals surface area contributed by atoms with E-state index in [0.29, 0.717) is 0 Å². The van der Waals surface area contributed by atoms with Crippen molar-refractivity contribution in [2.24, 2.45) is 0 Å². The zero-order valence-electron chi connectivity index (χ0n) is 37.4. The third kappa shape index (κ3) is 5.03. The molecule has 3 aliphatic rings. The van der Waals surface area contributed by atoms with Gasteiger partial charge in [0.2, 0.25) is 0 Å². The lowest BCUT2D eigenvalue weighted by Crippen LogP contribution is -2.44. The lowest BCUT2D eigenvalue weighted by molar-refractivity contribution is 0.627. The van der Waals surface area contributed by atoms with Gasteiger partial charge >= 0.3 is 0 Å². The van der Waals surface area contributed by atoms with Crippen molar-refractivity contribution in [3.63, 3.8) is 0 Å². The molecule has 0 fully saturated rings. The highest BCUT2D eigenvalue weighted by atomic mass is 32.1. The minimum atomic E-state index is -0.670. The van der Waals surface area contributed by atoms with Crippen LogP contribution < -0.4 is 4.90 Å². The molecule has 0 saturated carbocycles. The smallest absolute Gasteiger partial charge is 0.0720 e. The molecule has 11 aromatic rings. The molecule has 0 amide bonds. The second-order valence-electron chi connectivity index (χ2n) is 19.1. The summed E-state index contributed by atoms with van der Waals surface area (Å²) < 4.78 is 2.58. The fourth-order valence-corrected chi connectivity index (χ4v) is 14.1. The summed E-state index contributed by atoms with van der Waals surface area (Å²) in [6, 6.07) is 89.6. The van der Waals surface area contributed by atoms with Crippen LogP contribution in [0.5, 0.6) is 0 Å². The van der Waals surface area contributed by atoms with Crippen LogP contribution >= 0.6 is 11.3 Å². The molecule has 2 unspecified atom stereocenters. The first kappa shape index (κ1) is 38.5. The number of hydrogen-bond donors (Lipinski definition) is 0. The van der Waals surface area contributed by atoms with E-state index >= 15 is 0 Å². The molecular weight excluding hydrogens is 827 g/mol. The molecule has 3 aliphatic carbocycles. The molecule has 1 heterocycles. The third-order valence-electron chi connectivity index (χ3n) is 15.6. The van der Waals surface area contributed by atoms with Gasteiger partial charge in [0.15, 0.2) is 0 Å². The van der Waals surface area contributed by atoms with Crippen molar-refractivity contribution in [2.75, 3.05) is 4.90 Å². The van der Waals surface area contributed by atoms with E-state index in [1.54, 1.807) is 0 Å². The Morgan fingerprint density at radius 1 is 0.343 bits per heavy atom. The summed E-state index contributed by atoms with van der Waals surface area (Å²) >= 11 is 1.89. The van der Waals surface area contributed by atoms with Gasteiger partial charge in [0.25, 0.3) is 0 Å². The number of benzene rings is 10. The summed E-state index contributed by atoms with van der Waals surface area (Å²) in [7, 11) is 0. The maximum Gasteiger partial charge on any atom is 0.0720 e. The van der Waals surface area contributed by atoms with Crippen LogP contribution in [0.3, 0.4) is 0 Å². The fourth-order valence-electron chi connectivity index (χ4n) is 12.9. The van der Waals surface area contributed by atoms with E-state index in [1.807, 2.05) is 11.3 Å². The van der Waals surface area contributed by atoms with Gasteiger partial charge in [-0.2, -0.15) is 0 Å². The predicted octanol–water partition coefficient (Wildman–Crippen LogP) is 16.9. The number of nitrogens with zero attached hydrogens (tertiary/aromatic N) is 1. The first-order chi connectivity index (χ1) is 33.0. The number of hydrogen-bond acceptors (Lipinski definition) is 2. The standard InChI is InChI=1S/C65H45NS/c1-63(2)53-31-12-9-26-47(53)49-39-38-46(41-58(49)63)66(59-36-19-30-52-50-28-11-16-37-60(50)67-62(52)59)45-25-17-24-44(40-45)64(42-20-5-3-6-21-42)55-33-14-15-34-56(55)65(43-22-7-4-8-23-43)54-32-13-10-27-48(54)51-29-18-35-57(64)61(51)65/h3-41H,1-2H3. The van der Waals surface area contributed by atoms with Gasteiger partial charge in [-0.15, -0.1) is 11.3 Å². The van der Waals surface area contributed by atoms with E-state index in [-0.39, 0.29) is 5.41 Å². The van der Waals surface area contributed by atoms with Gasteiger partial charge in [0.05, 0.1) is 21.2 Å². The van der Waals surface area contributed by atoms with E-state index in [0.717, 1.165) is 11.4 Å². The Balaban J connectivity index is 1.08. The number of anilines is 3. The molecule has 0 N–H and O–H groups in total. The lowest BCUT2D eigenvalue weighted by atomic mass is 9.51. The Morgan fingerprint density at radius 2 is 0.866 bits per heavy atom. The van der Waals surface area contributed by atoms with E-state index < -0.39 is 10.8 Å². The lowest BCUT2D eigenvalue weighted by Gasteiger charge is -2.49. The highest BCUT2D eigenvalue weighted by molar-refractivity contribution is 7.26. The van der Waals surface area contributed by atoms with Crippen molar-refractivity contribution in [3.05, 3.63) is 292 Å². The van der Waals surface area contributed by atoms with Gasteiger partial charge in [-0.25, -0.2) is 0 Å². The average Bonchev–Trinajstić information content (AvgIpc) is 4.00. The van der Waals surface area contributed by atoms with Crippen molar-refractivity contribution in [1.29, 1.82) is 0 Å². The predicted molar refractivity (Wildman–Crippen MR) is 281 cm³/mol. The van der Waals surface area contributed by atoms with E-state index in [1.165, 1.54) is 104 Å². The highest BCUT2D eigenvalue weighted by Gasteiger charge is 2.57. The van der Waals surface area contributed by atoms with Crippen molar-refractivity contribution < 1.29 is 0 Å². The second kappa shape index (κ2) is 14.1. The van der Waals surface area contributed by atoms with Gasteiger partial charge in [0.1, 0.15) is 0 Å². The number of fused-ring (bicyclic) bond motifs is 11. The fraction of sp³-hybridized carbons (Fsp3) is 0.0769. The monoisotopic (exact) mass is 871 g/mol. The molecule has 14 rings (SSSR count). The van der Waals surface area contributed by atoms with Crippen molar-refractivity contribution >= 4 is 48.6 Å². The normalized spacial score (nSPS) is 17.9. The van der Waals surface area contributed by atoms with Crippen LogP contribution in [0, 0.1) is 0 Å². The average molecular weight is 872 g/mol. The van der Waals surface area contributed by atoms with Crippen LogP contribution in [-0.2, 0) is 16.2 Å².